The third kappa shape index (κ3) is 3.81. The molecule has 3 aromatic rings. The Morgan fingerprint density at radius 3 is 2.61 bits per heavy atom. The van der Waals surface area contributed by atoms with Gasteiger partial charge in [-0.1, -0.05) is 6.07 Å². The van der Waals surface area contributed by atoms with E-state index in [4.69, 9.17) is 4.74 Å². The number of carbonyl (C=O) groups is 1. The molecule has 0 aliphatic carbocycles. The predicted molar refractivity (Wildman–Crippen MR) is 99.5 cm³/mol. The summed E-state index contributed by atoms with van der Waals surface area (Å²) < 4.78 is 33.1. The van der Waals surface area contributed by atoms with Crippen molar-refractivity contribution in [2.45, 2.75) is 31.9 Å². The Balaban J connectivity index is 1.41. The lowest BCUT2D eigenvalue weighted by Crippen LogP contribution is -2.42. The zero-order chi connectivity index (χ0) is 19.5. The number of carbonyl (C=O) groups excluding carboxylic acids is 1. The topological polar surface area (TPSA) is 60.3 Å². The highest BCUT2D eigenvalue weighted by atomic mass is 19.3. The summed E-state index contributed by atoms with van der Waals surface area (Å²) in [6, 6.07) is 8.95. The van der Waals surface area contributed by atoms with E-state index in [2.05, 4.69) is 9.97 Å². The highest BCUT2D eigenvalue weighted by Gasteiger charge is 2.26. The van der Waals surface area contributed by atoms with Gasteiger partial charge in [0.1, 0.15) is 11.9 Å². The lowest BCUT2D eigenvalue weighted by Gasteiger charge is -2.31. The number of aromatic nitrogens is 3. The Morgan fingerprint density at radius 2 is 1.89 bits per heavy atom. The smallest absolute Gasteiger partial charge is 0.291 e. The molecule has 1 aliphatic rings. The Hall–Kier alpha value is -3.03. The molecule has 0 radical (unpaired) electrons. The molecule has 1 saturated heterocycles. The first kappa shape index (κ1) is 18.3. The fraction of sp³-hybridized carbons (Fsp3) is 0.350. The predicted octanol–water partition coefficient (Wildman–Crippen LogP) is 3.38. The fourth-order valence-electron chi connectivity index (χ4n) is 3.51. The summed E-state index contributed by atoms with van der Waals surface area (Å²) in [5.74, 6) is 0.707. The van der Waals surface area contributed by atoms with Crippen LogP contribution in [0.1, 0.15) is 23.5 Å². The SMILES string of the molecule is O=C(c1ncccn1)N1CCC(Oc2cccc3c2ccn3CC(F)F)CC1. The second-order valence-corrected chi connectivity index (χ2v) is 6.73. The van der Waals surface area contributed by atoms with Crippen LogP contribution in [0.2, 0.25) is 0 Å². The summed E-state index contributed by atoms with van der Waals surface area (Å²) in [6.07, 6.45) is 3.69. The van der Waals surface area contributed by atoms with E-state index in [0.717, 1.165) is 10.9 Å². The number of fused-ring (bicyclic) bond motifs is 1. The molecule has 1 aliphatic heterocycles. The van der Waals surface area contributed by atoms with Crippen molar-refractivity contribution in [2.75, 3.05) is 13.1 Å². The molecule has 28 heavy (non-hydrogen) atoms. The summed E-state index contributed by atoms with van der Waals surface area (Å²) in [6.45, 7) is 0.781. The molecule has 0 spiro atoms. The first-order valence-electron chi connectivity index (χ1n) is 9.21. The summed E-state index contributed by atoms with van der Waals surface area (Å²) in [5.41, 5.74) is 0.728. The molecule has 3 heterocycles. The van der Waals surface area contributed by atoms with Crippen LogP contribution in [0.15, 0.2) is 48.9 Å². The lowest BCUT2D eigenvalue weighted by atomic mass is 10.1. The number of alkyl halides is 2. The molecule has 0 unspecified atom stereocenters. The van der Waals surface area contributed by atoms with Crippen molar-refractivity contribution in [1.29, 1.82) is 0 Å². The minimum atomic E-state index is -2.41. The van der Waals surface area contributed by atoms with Gasteiger partial charge in [-0.3, -0.25) is 4.79 Å². The summed E-state index contributed by atoms with van der Waals surface area (Å²) in [4.78, 5) is 22.2. The second-order valence-electron chi connectivity index (χ2n) is 6.73. The molecular formula is C20H20F2N4O2. The second kappa shape index (κ2) is 7.92. The summed E-state index contributed by atoms with van der Waals surface area (Å²) in [5, 5.41) is 0.819. The maximum Gasteiger partial charge on any atom is 0.291 e. The van der Waals surface area contributed by atoms with E-state index < -0.39 is 6.43 Å². The number of benzene rings is 1. The van der Waals surface area contributed by atoms with Crippen LogP contribution < -0.4 is 4.74 Å². The van der Waals surface area contributed by atoms with Crippen molar-refractivity contribution in [2.24, 2.45) is 0 Å². The molecule has 2 aromatic heterocycles. The molecule has 1 fully saturated rings. The van der Waals surface area contributed by atoms with Crippen LogP contribution in [0, 0.1) is 0 Å². The maximum atomic E-state index is 12.7. The van der Waals surface area contributed by atoms with E-state index >= 15 is 0 Å². The molecule has 0 saturated carbocycles. The normalized spacial score (nSPS) is 15.3. The van der Waals surface area contributed by atoms with Gasteiger partial charge in [0.15, 0.2) is 0 Å². The van der Waals surface area contributed by atoms with Gasteiger partial charge in [0.25, 0.3) is 12.3 Å². The van der Waals surface area contributed by atoms with Gasteiger partial charge in [-0.15, -0.1) is 0 Å². The number of hydrogen-bond donors (Lipinski definition) is 0. The minimum absolute atomic E-state index is 0.0372. The van der Waals surface area contributed by atoms with Gasteiger partial charge in [-0.05, 0) is 24.3 Å². The fourth-order valence-corrected chi connectivity index (χ4v) is 3.51. The van der Waals surface area contributed by atoms with Crippen LogP contribution in [0.3, 0.4) is 0 Å². The average molecular weight is 386 g/mol. The Bertz CT molecular complexity index is 953. The molecule has 0 bridgehead atoms. The Kier molecular flexibility index (Phi) is 5.18. The number of amides is 1. The maximum absolute atomic E-state index is 12.7. The van der Waals surface area contributed by atoms with E-state index in [0.29, 0.717) is 31.7 Å². The molecular weight excluding hydrogens is 366 g/mol. The number of nitrogens with zero attached hydrogens (tertiary/aromatic N) is 4. The first-order valence-corrected chi connectivity index (χ1v) is 9.21. The van der Waals surface area contributed by atoms with Crippen molar-refractivity contribution in [3.63, 3.8) is 0 Å². The highest BCUT2D eigenvalue weighted by Crippen LogP contribution is 2.29. The number of halogens is 2. The average Bonchev–Trinajstić information content (AvgIpc) is 3.12. The van der Waals surface area contributed by atoms with Gasteiger partial charge in [-0.2, -0.15) is 0 Å². The Morgan fingerprint density at radius 1 is 1.14 bits per heavy atom. The van der Waals surface area contributed by atoms with Crippen molar-refractivity contribution in [3.05, 3.63) is 54.7 Å². The number of likely N-dealkylation sites (tertiary alicyclic amines) is 1. The zero-order valence-corrected chi connectivity index (χ0v) is 15.2. The van der Waals surface area contributed by atoms with E-state index in [1.54, 1.807) is 35.6 Å². The van der Waals surface area contributed by atoms with Crippen LogP contribution in [0.5, 0.6) is 5.75 Å². The largest absolute Gasteiger partial charge is 0.490 e. The van der Waals surface area contributed by atoms with Gasteiger partial charge in [-0.25, -0.2) is 18.7 Å². The quantitative estimate of drug-likeness (QED) is 0.675. The van der Waals surface area contributed by atoms with Crippen LogP contribution in [0.25, 0.3) is 10.9 Å². The molecule has 1 amide bonds. The third-order valence-corrected chi connectivity index (χ3v) is 4.89. The van der Waals surface area contributed by atoms with Gasteiger partial charge in [0.2, 0.25) is 5.82 Å². The lowest BCUT2D eigenvalue weighted by molar-refractivity contribution is 0.0586. The van der Waals surface area contributed by atoms with Gasteiger partial charge < -0.3 is 14.2 Å². The first-order chi connectivity index (χ1) is 13.6. The van der Waals surface area contributed by atoms with Gasteiger partial charge in [0.05, 0.1) is 12.1 Å². The van der Waals surface area contributed by atoms with Crippen LogP contribution in [-0.2, 0) is 6.54 Å². The standard InChI is InChI=1S/C20H20F2N4O2/c21-18(22)13-26-12-7-15-16(26)3-1-4-17(15)28-14-5-10-25(11-6-14)20(27)19-23-8-2-9-24-19/h1-4,7-9,12,14,18H,5-6,10-11,13H2. The monoisotopic (exact) mass is 386 g/mol. The minimum Gasteiger partial charge on any atom is -0.490 e. The molecule has 4 rings (SSSR count). The molecule has 146 valence electrons. The number of piperidine rings is 1. The van der Waals surface area contributed by atoms with Crippen molar-refractivity contribution >= 4 is 16.8 Å². The van der Waals surface area contributed by atoms with Crippen LogP contribution in [0.4, 0.5) is 8.78 Å². The molecule has 0 N–H and O–H groups in total. The van der Waals surface area contributed by atoms with Crippen LogP contribution in [-0.4, -0.2) is 51.0 Å². The van der Waals surface area contributed by atoms with Crippen LogP contribution >= 0.6 is 0 Å². The summed E-state index contributed by atoms with van der Waals surface area (Å²) in [7, 11) is 0. The van der Waals surface area contributed by atoms with E-state index in [1.807, 2.05) is 18.2 Å². The van der Waals surface area contributed by atoms with Gasteiger partial charge >= 0.3 is 0 Å². The number of hydrogen-bond acceptors (Lipinski definition) is 4. The Labute approximate surface area is 160 Å². The summed E-state index contributed by atoms with van der Waals surface area (Å²) >= 11 is 0. The van der Waals surface area contributed by atoms with E-state index in [9.17, 15) is 13.6 Å². The highest BCUT2D eigenvalue weighted by molar-refractivity contribution is 5.90. The molecule has 0 atom stereocenters. The van der Waals surface area contributed by atoms with E-state index in [1.165, 1.54) is 4.57 Å². The molecule has 1 aromatic carbocycles. The molecule has 8 heteroatoms. The van der Waals surface area contributed by atoms with Crippen molar-refractivity contribution in [3.8, 4) is 5.75 Å². The zero-order valence-electron chi connectivity index (χ0n) is 15.2. The number of ether oxygens (including phenoxy) is 1. The number of rotatable bonds is 5. The molecule has 6 nitrogen and oxygen atoms in total. The van der Waals surface area contributed by atoms with Crippen molar-refractivity contribution in [1.82, 2.24) is 19.4 Å². The third-order valence-electron chi connectivity index (χ3n) is 4.89. The van der Waals surface area contributed by atoms with Crippen molar-refractivity contribution < 1.29 is 18.3 Å². The van der Waals surface area contributed by atoms with Gasteiger partial charge in [0, 0.05) is 49.9 Å². The van der Waals surface area contributed by atoms with E-state index in [-0.39, 0.29) is 24.4 Å².